The third-order valence-corrected chi connectivity index (χ3v) is 6.01. The van der Waals surface area contributed by atoms with E-state index >= 15 is 0 Å². The Hall–Kier alpha value is -3.37. The smallest absolute Gasteiger partial charge is 0.404 e. The first-order chi connectivity index (χ1) is 16.6. The second kappa shape index (κ2) is 9.71. The van der Waals surface area contributed by atoms with Crippen LogP contribution in [0.4, 0.5) is 13.2 Å². The number of ether oxygens (including phenoxy) is 1. The summed E-state index contributed by atoms with van der Waals surface area (Å²) in [5.41, 5.74) is -0.615. The molecule has 2 atom stereocenters. The first-order valence-electron chi connectivity index (χ1n) is 10.8. The number of alkyl halides is 3. The molecule has 2 amide bonds. The van der Waals surface area contributed by atoms with Gasteiger partial charge in [-0.25, -0.2) is 0 Å². The Kier molecular flexibility index (Phi) is 6.86. The topological polar surface area (TPSA) is 134 Å². The van der Waals surface area contributed by atoms with Crippen molar-refractivity contribution in [2.24, 2.45) is 0 Å². The van der Waals surface area contributed by atoms with Gasteiger partial charge in [-0.3, -0.25) is 9.59 Å². The lowest BCUT2D eigenvalue weighted by atomic mass is 10.0. The monoisotopic (exact) mass is 511 g/mol. The molecule has 2 aromatic rings. The van der Waals surface area contributed by atoms with Crippen molar-refractivity contribution >= 4 is 23.4 Å². The van der Waals surface area contributed by atoms with Crippen molar-refractivity contribution in [2.45, 2.75) is 49.7 Å². The van der Waals surface area contributed by atoms with Gasteiger partial charge in [-0.15, -0.1) is 18.3 Å². The minimum atomic E-state index is -4.91. The third kappa shape index (κ3) is 6.20. The summed E-state index contributed by atoms with van der Waals surface area (Å²) < 4.78 is 41.4. The molecule has 186 valence electrons. The van der Waals surface area contributed by atoms with E-state index in [-0.39, 0.29) is 23.2 Å². The average Bonchev–Trinajstić information content (AvgIpc) is 3.18. The molecule has 3 N–H and O–H groups in total. The number of benzene rings is 1. The highest BCUT2D eigenvalue weighted by molar-refractivity contribution is 6.32. The summed E-state index contributed by atoms with van der Waals surface area (Å²) in [7, 11) is 0. The highest BCUT2D eigenvalue weighted by Gasteiger charge is 2.45. The van der Waals surface area contributed by atoms with E-state index in [0.29, 0.717) is 24.9 Å². The van der Waals surface area contributed by atoms with Crippen molar-refractivity contribution < 1.29 is 27.5 Å². The summed E-state index contributed by atoms with van der Waals surface area (Å²) in [6.07, 6.45) is -1.95. The maximum atomic E-state index is 12.9. The van der Waals surface area contributed by atoms with Gasteiger partial charge in [0.2, 0.25) is 5.91 Å². The number of nitrogens with one attached hydrogen (secondary N) is 3. The molecule has 1 saturated carbocycles. The number of nitrogens with zero attached hydrogens (tertiary/aromatic N) is 4. The van der Waals surface area contributed by atoms with E-state index in [4.69, 9.17) is 11.6 Å². The van der Waals surface area contributed by atoms with Gasteiger partial charge in [0.1, 0.15) is 17.3 Å². The molecule has 1 aromatic carbocycles. The first kappa shape index (κ1) is 24.7. The molecular formula is C21H21ClF3N7O3. The molecular weight excluding hydrogens is 491 g/mol. The van der Waals surface area contributed by atoms with Crippen LogP contribution in [0.25, 0.3) is 0 Å². The van der Waals surface area contributed by atoms with E-state index < -0.39 is 35.5 Å². The Morgan fingerprint density at radius 3 is 2.77 bits per heavy atom. The summed E-state index contributed by atoms with van der Waals surface area (Å²) in [6, 6.07) is 4.45. The maximum absolute atomic E-state index is 12.9. The molecule has 0 bridgehead atoms. The molecule has 10 nitrogen and oxygen atoms in total. The van der Waals surface area contributed by atoms with Crippen LogP contribution in [0.15, 0.2) is 24.4 Å². The number of carbonyl (C=O) groups excluding carboxylic acids is 2. The molecule has 2 aliphatic rings. The Balaban J connectivity index is 1.50. The van der Waals surface area contributed by atoms with Crippen LogP contribution in [0.1, 0.15) is 41.4 Å². The zero-order chi connectivity index (χ0) is 25.2. The molecule has 0 radical (unpaired) electrons. The number of hydrogen-bond donors (Lipinski definition) is 3. The molecule has 35 heavy (non-hydrogen) atoms. The fourth-order valence-corrected chi connectivity index (χ4v) is 3.90. The molecule has 4 rings (SSSR count). The molecule has 1 aromatic heterocycles. The Bertz CT molecular complexity index is 1150. The highest BCUT2D eigenvalue weighted by atomic mass is 35.5. The second-order valence-electron chi connectivity index (χ2n) is 8.42. The molecule has 2 fully saturated rings. The Labute approximate surface area is 202 Å². The van der Waals surface area contributed by atoms with Crippen LogP contribution < -0.4 is 20.7 Å². The summed E-state index contributed by atoms with van der Waals surface area (Å²) in [5, 5.41) is 25.7. The van der Waals surface area contributed by atoms with Gasteiger partial charge >= 0.3 is 6.36 Å². The molecule has 14 heteroatoms. The Morgan fingerprint density at radius 2 is 2.17 bits per heavy atom. The van der Waals surface area contributed by atoms with E-state index in [9.17, 15) is 28.0 Å². The van der Waals surface area contributed by atoms with Crippen molar-refractivity contribution in [3.63, 3.8) is 0 Å². The maximum Gasteiger partial charge on any atom is 0.573 e. The van der Waals surface area contributed by atoms with Crippen LogP contribution in [0, 0.1) is 11.3 Å². The van der Waals surface area contributed by atoms with Gasteiger partial charge < -0.3 is 20.7 Å². The predicted molar refractivity (Wildman–Crippen MR) is 115 cm³/mol. The van der Waals surface area contributed by atoms with Crippen molar-refractivity contribution in [1.29, 1.82) is 5.26 Å². The zero-order valence-electron chi connectivity index (χ0n) is 18.2. The van der Waals surface area contributed by atoms with Crippen molar-refractivity contribution in [2.75, 3.05) is 13.1 Å². The molecule has 0 spiro atoms. The van der Waals surface area contributed by atoms with Crippen molar-refractivity contribution in [3.8, 4) is 11.8 Å². The highest BCUT2D eigenvalue weighted by Crippen LogP contribution is 2.34. The van der Waals surface area contributed by atoms with Gasteiger partial charge in [0.05, 0.1) is 23.3 Å². The SMILES string of the molecule is N#CC1(NC(=O)[C@H](Cc2ccc(OC(F)(F)F)c(Cl)c2)NC(=O)c2cnn(C3CCNC3)n2)CC1. The zero-order valence-corrected chi connectivity index (χ0v) is 19.0. The molecule has 1 unspecified atom stereocenters. The van der Waals surface area contributed by atoms with E-state index in [1.807, 2.05) is 6.07 Å². The normalized spacial score (nSPS) is 19.5. The summed E-state index contributed by atoms with van der Waals surface area (Å²) in [6.45, 7) is 1.48. The lowest BCUT2D eigenvalue weighted by molar-refractivity contribution is -0.274. The average molecular weight is 512 g/mol. The molecule has 1 aliphatic carbocycles. The molecule has 2 heterocycles. The number of amides is 2. The van der Waals surface area contributed by atoms with Gasteiger partial charge in [0, 0.05) is 13.0 Å². The number of aromatic nitrogens is 3. The van der Waals surface area contributed by atoms with E-state index in [2.05, 4.69) is 30.9 Å². The summed E-state index contributed by atoms with van der Waals surface area (Å²) in [5.74, 6) is -1.86. The lowest BCUT2D eigenvalue weighted by Crippen LogP contribution is -2.51. The minimum Gasteiger partial charge on any atom is -0.404 e. The van der Waals surface area contributed by atoms with Crippen LogP contribution >= 0.6 is 11.6 Å². The van der Waals surface area contributed by atoms with Gasteiger partial charge in [-0.05, 0) is 43.5 Å². The first-order valence-corrected chi connectivity index (χ1v) is 11.2. The van der Waals surface area contributed by atoms with E-state index in [1.54, 1.807) is 0 Å². The van der Waals surface area contributed by atoms with Crippen LogP contribution in [-0.4, -0.2) is 57.8 Å². The van der Waals surface area contributed by atoms with Crippen LogP contribution in [0.3, 0.4) is 0 Å². The van der Waals surface area contributed by atoms with Crippen LogP contribution in [0.5, 0.6) is 5.75 Å². The molecule has 1 aliphatic heterocycles. The van der Waals surface area contributed by atoms with Crippen molar-refractivity contribution in [1.82, 2.24) is 30.9 Å². The quantitative estimate of drug-likeness (QED) is 0.492. The molecule has 1 saturated heterocycles. The number of hydrogen-bond acceptors (Lipinski definition) is 7. The van der Waals surface area contributed by atoms with Crippen LogP contribution in [-0.2, 0) is 11.2 Å². The number of nitriles is 1. The van der Waals surface area contributed by atoms with Gasteiger partial charge in [-0.2, -0.15) is 15.2 Å². The van der Waals surface area contributed by atoms with Gasteiger partial charge in [0.15, 0.2) is 5.69 Å². The van der Waals surface area contributed by atoms with Gasteiger partial charge in [-0.1, -0.05) is 17.7 Å². The summed E-state index contributed by atoms with van der Waals surface area (Å²) in [4.78, 5) is 27.2. The van der Waals surface area contributed by atoms with E-state index in [1.165, 1.54) is 23.1 Å². The fourth-order valence-electron chi connectivity index (χ4n) is 3.66. The largest absolute Gasteiger partial charge is 0.573 e. The fraction of sp³-hybridized carbons (Fsp3) is 0.476. The number of rotatable bonds is 8. The predicted octanol–water partition coefficient (Wildman–Crippen LogP) is 1.88. The Morgan fingerprint density at radius 1 is 1.40 bits per heavy atom. The number of carbonyl (C=O) groups is 2. The standard InChI is InChI=1S/C21H21ClF3N7O3/c22-14-7-12(1-2-17(14)35-21(23,24)25)8-15(19(34)30-20(11-26)4-5-20)29-18(33)16-10-28-32(31-16)13-3-6-27-9-13/h1-2,7,10,13,15,27H,3-6,8-9H2,(H,29,33)(H,30,34)/t13?,15-/m0/s1. The van der Waals surface area contributed by atoms with E-state index in [0.717, 1.165) is 19.0 Å². The second-order valence-corrected chi connectivity index (χ2v) is 8.83. The lowest BCUT2D eigenvalue weighted by Gasteiger charge is -2.20. The summed E-state index contributed by atoms with van der Waals surface area (Å²) >= 11 is 5.92. The minimum absolute atomic E-state index is 0.00285. The third-order valence-electron chi connectivity index (χ3n) is 5.71. The van der Waals surface area contributed by atoms with Crippen LogP contribution in [0.2, 0.25) is 5.02 Å². The van der Waals surface area contributed by atoms with Crippen molar-refractivity contribution in [3.05, 3.63) is 40.7 Å². The number of halogens is 4. The van der Waals surface area contributed by atoms with Gasteiger partial charge in [0.25, 0.3) is 5.91 Å².